The number of carboxylic acid groups (broad SMARTS) is 1. The van der Waals surface area contributed by atoms with E-state index in [0.717, 1.165) is 0 Å². The maximum atomic E-state index is 12.1. The summed E-state index contributed by atoms with van der Waals surface area (Å²) < 4.78 is 26.6. The molecular formula is C14H14N2O4S. The van der Waals surface area contributed by atoms with Crippen molar-refractivity contribution >= 4 is 16.0 Å². The first kappa shape index (κ1) is 15.1. The van der Waals surface area contributed by atoms with Gasteiger partial charge in [0.25, 0.3) is 0 Å². The average Bonchev–Trinajstić information content (AvgIpc) is 2.47. The van der Waals surface area contributed by atoms with E-state index in [2.05, 4.69) is 9.71 Å². The topological polar surface area (TPSA) is 96.4 Å². The lowest BCUT2D eigenvalue weighted by Gasteiger charge is -2.09. The van der Waals surface area contributed by atoms with Crippen LogP contribution in [0.2, 0.25) is 0 Å². The highest BCUT2D eigenvalue weighted by Gasteiger charge is 2.14. The van der Waals surface area contributed by atoms with E-state index in [4.69, 9.17) is 5.11 Å². The Bertz CT molecular complexity index is 730. The van der Waals surface area contributed by atoms with Crippen LogP contribution < -0.4 is 4.72 Å². The molecule has 0 saturated carbocycles. The molecule has 0 radical (unpaired) electrons. The summed E-state index contributed by atoms with van der Waals surface area (Å²) in [7, 11) is -3.66. The van der Waals surface area contributed by atoms with E-state index in [-0.39, 0.29) is 17.9 Å². The second-order valence-electron chi connectivity index (χ2n) is 4.35. The van der Waals surface area contributed by atoms with E-state index in [1.807, 2.05) is 0 Å². The molecule has 21 heavy (non-hydrogen) atoms. The van der Waals surface area contributed by atoms with Crippen LogP contribution in [0.4, 0.5) is 0 Å². The highest BCUT2D eigenvalue weighted by atomic mass is 32.2. The summed E-state index contributed by atoms with van der Waals surface area (Å²) >= 11 is 0. The van der Waals surface area contributed by atoms with Gasteiger partial charge in [-0.3, -0.25) is 9.78 Å². The van der Waals surface area contributed by atoms with E-state index in [0.29, 0.717) is 11.1 Å². The van der Waals surface area contributed by atoms with Crippen molar-refractivity contribution in [3.05, 3.63) is 59.9 Å². The van der Waals surface area contributed by atoms with Crippen molar-refractivity contribution in [2.45, 2.75) is 17.9 Å². The SMILES string of the molecule is O=C(O)Cc1ccccc1CNS(=O)(=O)c1cccnc1. The molecule has 0 aliphatic rings. The van der Waals surface area contributed by atoms with Crippen LogP contribution >= 0.6 is 0 Å². The van der Waals surface area contributed by atoms with Crippen molar-refractivity contribution in [3.8, 4) is 0 Å². The molecule has 2 N–H and O–H groups in total. The number of nitrogens with zero attached hydrogens (tertiary/aromatic N) is 1. The lowest BCUT2D eigenvalue weighted by atomic mass is 10.1. The van der Waals surface area contributed by atoms with Gasteiger partial charge >= 0.3 is 5.97 Å². The summed E-state index contributed by atoms with van der Waals surface area (Å²) in [6, 6.07) is 9.80. The summed E-state index contributed by atoms with van der Waals surface area (Å²) in [5, 5.41) is 8.85. The van der Waals surface area contributed by atoms with Crippen molar-refractivity contribution in [3.63, 3.8) is 0 Å². The lowest BCUT2D eigenvalue weighted by Crippen LogP contribution is -2.24. The highest BCUT2D eigenvalue weighted by Crippen LogP contribution is 2.12. The molecule has 0 atom stereocenters. The maximum absolute atomic E-state index is 12.1. The Morgan fingerprint density at radius 3 is 2.48 bits per heavy atom. The van der Waals surface area contributed by atoms with Gasteiger partial charge in [0.15, 0.2) is 0 Å². The Kier molecular flexibility index (Phi) is 4.66. The van der Waals surface area contributed by atoms with Gasteiger partial charge in [0.1, 0.15) is 4.90 Å². The van der Waals surface area contributed by atoms with Gasteiger partial charge in [0.2, 0.25) is 10.0 Å². The number of sulfonamides is 1. The number of carbonyl (C=O) groups is 1. The number of carboxylic acids is 1. The van der Waals surface area contributed by atoms with E-state index in [9.17, 15) is 13.2 Å². The highest BCUT2D eigenvalue weighted by molar-refractivity contribution is 7.89. The Balaban J connectivity index is 2.15. The monoisotopic (exact) mass is 306 g/mol. The molecular weight excluding hydrogens is 292 g/mol. The lowest BCUT2D eigenvalue weighted by molar-refractivity contribution is -0.136. The molecule has 0 amide bonds. The Hall–Kier alpha value is -2.25. The zero-order valence-corrected chi connectivity index (χ0v) is 11.9. The van der Waals surface area contributed by atoms with Crippen molar-refractivity contribution < 1.29 is 18.3 Å². The van der Waals surface area contributed by atoms with Gasteiger partial charge in [-0.15, -0.1) is 0 Å². The first-order valence-electron chi connectivity index (χ1n) is 6.17. The second kappa shape index (κ2) is 6.47. The van der Waals surface area contributed by atoms with Gasteiger partial charge in [0, 0.05) is 18.9 Å². The number of benzene rings is 1. The first-order chi connectivity index (χ1) is 9.99. The molecule has 7 heteroatoms. The van der Waals surface area contributed by atoms with Crippen LogP contribution in [0.15, 0.2) is 53.7 Å². The molecule has 0 saturated heterocycles. The Morgan fingerprint density at radius 1 is 1.14 bits per heavy atom. The van der Waals surface area contributed by atoms with Gasteiger partial charge in [-0.2, -0.15) is 0 Å². The van der Waals surface area contributed by atoms with Crippen LogP contribution in [0.25, 0.3) is 0 Å². The van der Waals surface area contributed by atoms with E-state index in [1.165, 1.54) is 24.5 Å². The zero-order valence-electron chi connectivity index (χ0n) is 11.1. The minimum atomic E-state index is -3.66. The molecule has 0 spiro atoms. The fourth-order valence-electron chi connectivity index (χ4n) is 1.83. The molecule has 1 heterocycles. The number of rotatable bonds is 6. The van der Waals surface area contributed by atoms with Gasteiger partial charge < -0.3 is 5.11 Å². The molecule has 0 aliphatic carbocycles. The minimum absolute atomic E-state index is 0.0285. The number of hydrogen-bond acceptors (Lipinski definition) is 4. The van der Waals surface area contributed by atoms with Gasteiger partial charge in [-0.05, 0) is 23.3 Å². The quantitative estimate of drug-likeness (QED) is 0.835. The standard InChI is InChI=1S/C14H14N2O4S/c17-14(18)8-11-4-1-2-5-12(11)9-16-21(19,20)13-6-3-7-15-10-13/h1-7,10,16H,8-9H2,(H,17,18). The normalized spacial score (nSPS) is 11.2. The van der Waals surface area contributed by atoms with Gasteiger partial charge in [-0.25, -0.2) is 13.1 Å². The molecule has 0 aliphatic heterocycles. The van der Waals surface area contributed by atoms with Gasteiger partial charge in [-0.1, -0.05) is 24.3 Å². The predicted molar refractivity (Wildman–Crippen MR) is 76.0 cm³/mol. The molecule has 1 aromatic heterocycles. The molecule has 1 aromatic carbocycles. The van der Waals surface area contributed by atoms with Crippen molar-refractivity contribution in [1.29, 1.82) is 0 Å². The fraction of sp³-hybridized carbons (Fsp3) is 0.143. The number of nitrogens with one attached hydrogen (secondary N) is 1. The van der Waals surface area contributed by atoms with E-state index in [1.54, 1.807) is 24.3 Å². The molecule has 0 unspecified atom stereocenters. The van der Waals surface area contributed by atoms with Crippen LogP contribution in [0, 0.1) is 0 Å². The van der Waals surface area contributed by atoms with E-state index < -0.39 is 16.0 Å². The van der Waals surface area contributed by atoms with Crippen LogP contribution in [0.3, 0.4) is 0 Å². The number of pyridine rings is 1. The van der Waals surface area contributed by atoms with Crippen LogP contribution in [0.1, 0.15) is 11.1 Å². The summed E-state index contributed by atoms with van der Waals surface area (Å²) in [6.07, 6.45) is 2.59. The summed E-state index contributed by atoms with van der Waals surface area (Å²) in [6.45, 7) is 0.0285. The summed E-state index contributed by atoms with van der Waals surface area (Å²) in [5.74, 6) is -0.961. The zero-order chi connectivity index (χ0) is 15.3. The average molecular weight is 306 g/mol. The number of hydrogen-bond donors (Lipinski definition) is 2. The molecule has 2 rings (SSSR count). The summed E-state index contributed by atoms with van der Waals surface area (Å²) in [5.41, 5.74) is 1.21. The largest absolute Gasteiger partial charge is 0.481 e. The molecule has 6 nitrogen and oxygen atoms in total. The second-order valence-corrected chi connectivity index (χ2v) is 6.12. The third kappa shape index (κ3) is 4.11. The third-order valence-electron chi connectivity index (χ3n) is 2.86. The Morgan fingerprint density at radius 2 is 1.86 bits per heavy atom. The van der Waals surface area contributed by atoms with Crippen LogP contribution in [0.5, 0.6) is 0 Å². The number of aromatic nitrogens is 1. The van der Waals surface area contributed by atoms with Crippen molar-refractivity contribution in [2.75, 3.05) is 0 Å². The number of aliphatic carboxylic acids is 1. The van der Waals surface area contributed by atoms with Crippen molar-refractivity contribution in [2.24, 2.45) is 0 Å². The Labute approximate surface area is 122 Å². The summed E-state index contributed by atoms with van der Waals surface area (Å²) in [4.78, 5) is 14.6. The minimum Gasteiger partial charge on any atom is -0.481 e. The molecule has 2 aromatic rings. The smallest absolute Gasteiger partial charge is 0.307 e. The molecule has 0 fully saturated rings. The molecule has 0 bridgehead atoms. The first-order valence-corrected chi connectivity index (χ1v) is 7.65. The van der Waals surface area contributed by atoms with Gasteiger partial charge in [0.05, 0.1) is 6.42 Å². The van der Waals surface area contributed by atoms with Crippen molar-refractivity contribution in [1.82, 2.24) is 9.71 Å². The van der Waals surface area contributed by atoms with E-state index >= 15 is 0 Å². The van der Waals surface area contributed by atoms with Crippen LogP contribution in [-0.2, 0) is 27.8 Å². The molecule has 110 valence electrons. The fourth-order valence-corrected chi connectivity index (χ4v) is 2.80. The van der Waals surface area contributed by atoms with Crippen LogP contribution in [-0.4, -0.2) is 24.5 Å². The predicted octanol–water partition coefficient (Wildman–Crippen LogP) is 1.19. The maximum Gasteiger partial charge on any atom is 0.307 e. The third-order valence-corrected chi connectivity index (χ3v) is 4.24.